The Kier molecular flexibility index (Phi) is 4.15. The second kappa shape index (κ2) is 6.40. The second-order valence-corrected chi connectivity index (χ2v) is 4.89. The van der Waals surface area contributed by atoms with Gasteiger partial charge in [0.05, 0.1) is 18.2 Å². The first-order chi connectivity index (χ1) is 10.8. The van der Waals surface area contributed by atoms with Crippen LogP contribution in [0.15, 0.2) is 36.5 Å². The monoisotopic (exact) mass is 298 g/mol. The summed E-state index contributed by atoms with van der Waals surface area (Å²) in [5, 5.41) is 20.3. The van der Waals surface area contributed by atoms with Crippen molar-refractivity contribution in [3.05, 3.63) is 42.1 Å². The molecule has 2 heterocycles. The number of hydrogen-bond donors (Lipinski definition) is 3. The number of aliphatic hydroxyl groups excluding tert-OH is 1. The molecule has 3 N–H and O–H groups in total. The highest BCUT2D eigenvalue weighted by Crippen LogP contribution is 2.21. The minimum atomic E-state index is 0.0402. The highest BCUT2D eigenvalue weighted by Gasteiger charge is 2.11. The Bertz CT molecular complexity index is 755. The number of anilines is 2. The molecule has 0 saturated carbocycles. The lowest BCUT2D eigenvalue weighted by Crippen LogP contribution is -2.10. The summed E-state index contributed by atoms with van der Waals surface area (Å²) >= 11 is 0. The molecule has 0 atom stereocenters. The smallest absolute Gasteiger partial charge is 0.226 e. The van der Waals surface area contributed by atoms with E-state index in [9.17, 15) is 0 Å². The lowest BCUT2D eigenvalue weighted by atomic mass is 10.2. The molecule has 0 spiro atoms. The number of fused-ring (bicyclic) bond motifs is 1. The van der Waals surface area contributed by atoms with Gasteiger partial charge in [-0.2, -0.15) is 15.1 Å². The fourth-order valence-corrected chi connectivity index (χ4v) is 2.19. The van der Waals surface area contributed by atoms with Crippen LogP contribution in [0.25, 0.3) is 11.0 Å². The zero-order valence-electron chi connectivity index (χ0n) is 12.3. The minimum absolute atomic E-state index is 0.0402. The van der Waals surface area contributed by atoms with Crippen LogP contribution in [0.4, 0.5) is 11.8 Å². The third kappa shape index (κ3) is 2.99. The van der Waals surface area contributed by atoms with Gasteiger partial charge < -0.3 is 15.7 Å². The highest BCUT2D eigenvalue weighted by molar-refractivity contribution is 5.87. The normalized spacial score (nSPS) is 10.8. The van der Waals surface area contributed by atoms with Crippen molar-refractivity contribution in [2.24, 2.45) is 7.05 Å². The lowest BCUT2D eigenvalue weighted by Gasteiger charge is -2.09. The van der Waals surface area contributed by atoms with Crippen LogP contribution in [0.5, 0.6) is 0 Å². The van der Waals surface area contributed by atoms with E-state index in [4.69, 9.17) is 5.11 Å². The molecule has 0 radical (unpaired) electrons. The maximum Gasteiger partial charge on any atom is 0.226 e. The topological polar surface area (TPSA) is 87.9 Å². The number of hydrogen-bond acceptors (Lipinski definition) is 6. The summed E-state index contributed by atoms with van der Waals surface area (Å²) in [7, 11) is 1.84. The first kappa shape index (κ1) is 14.3. The summed E-state index contributed by atoms with van der Waals surface area (Å²) in [6.45, 7) is 1.11. The van der Waals surface area contributed by atoms with Gasteiger partial charge in [-0.25, -0.2) is 0 Å². The molecule has 7 nitrogen and oxygen atoms in total. The highest BCUT2D eigenvalue weighted by atomic mass is 16.3. The van der Waals surface area contributed by atoms with E-state index in [-0.39, 0.29) is 6.61 Å². The van der Waals surface area contributed by atoms with Gasteiger partial charge in [0.1, 0.15) is 5.82 Å². The fourth-order valence-electron chi connectivity index (χ4n) is 2.19. The molecule has 3 aromatic rings. The Labute approximate surface area is 128 Å². The third-order valence-corrected chi connectivity index (χ3v) is 3.29. The van der Waals surface area contributed by atoms with Crippen molar-refractivity contribution in [1.29, 1.82) is 0 Å². The molecule has 3 rings (SSSR count). The summed E-state index contributed by atoms with van der Waals surface area (Å²) in [6, 6.07) is 10.1. The molecular weight excluding hydrogens is 280 g/mol. The molecule has 0 saturated heterocycles. The number of aryl methyl sites for hydroxylation is 1. The van der Waals surface area contributed by atoms with Gasteiger partial charge in [-0.05, 0) is 5.56 Å². The predicted octanol–water partition coefficient (Wildman–Crippen LogP) is 1.38. The molecule has 0 aliphatic carbocycles. The van der Waals surface area contributed by atoms with Gasteiger partial charge in [0.15, 0.2) is 5.65 Å². The number of nitrogens with one attached hydrogen (secondary N) is 2. The van der Waals surface area contributed by atoms with Crippen molar-refractivity contribution in [2.75, 3.05) is 23.8 Å². The Balaban J connectivity index is 1.87. The van der Waals surface area contributed by atoms with Gasteiger partial charge in [-0.1, -0.05) is 30.3 Å². The van der Waals surface area contributed by atoms with Crippen LogP contribution in [0, 0.1) is 0 Å². The Morgan fingerprint density at radius 1 is 1.14 bits per heavy atom. The van der Waals surface area contributed by atoms with Crippen LogP contribution in [-0.2, 0) is 13.6 Å². The van der Waals surface area contributed by atoms with Crippen LogP contribution >= 0.6 is 0 Å². The second-order valence-electron chi connectivity index (χ2n) is 4.89. The molecule has 1 aromatic carbocycles. The first-order valence-corrected chi connectivity index (χ1v) is 7.10. The van der Waals surface area contributed by atoms with Gasteiger partial charge in [-0.15, -0.1) is 0 Å². The van der Waals surface area contributed by atoms with Gasteiger partial charge in [-0.3, -0.25) is 4.68 Å². The Morgan fingerprint density at radius 3 is 2.73 bits per heavy atom. The zero-order chi connectivity index (χ0) is 15.4. The third-order valence-electron chi connectivity index (χ3n) is 3.29. The minimum Gasteiger partial charge on any atom is -0.395 e. The van der Waals surface area contributed by atoms with Crippen molar-refractivity contribution in [3.8, 4) is 0 Å². The van der Waals surface area contributed by atoms with Gasteiger partial charge in [0.2, 0.25) is 5.95 Å². The molecule has 2 aromatic heterocycles. The predicted molar refractivity (Wildman–Crippen MR) is 85.6 cm³/mol. The van der Waals surface area contributed by atoms with Crippen molar-refractivity contribution in [2.45, 2.75) is 6.54 Å². The average molecular weight is 298 g/mol. The molecule has 0 amide bonds. The molecule has 0 bridgehead atoms. The Hall–Kier alpha value is -2.67. The number of aliphatic hydroxyl groups is 1. The lowest BCUT2D eigenvalue weighted by molar-refractivity contribution is 0.311. The average Bonchev–Trinajstić information content (AvgIpc) is 2.93. The number of rotatable bonds is 6. The van der Waals surface area contributed by atoms with Gasteiger partial charge >= 0.3 is 0 Å². The van der Waals surface area contributed by atoms with E-state index >= 15 is 0 Å². The van der Waals surface area contributed by atoms with E-state index in [2.05, 4.69) is 25.7 Å². The van der Waals surface area contributed by atoms with Crippen molar-refractivity contribution >= 4 is 22.8 Å². The van der Waals surface area contributed by atoms with Crippen LogP contribution in [0.1, 0.15) is 5.56 Å². The van der Waals surface area contributed by atoms with Crippen LogP contribution in [0.3, 0.4) is 0 Å². The number of benzene rings is 1. The molecule has 7 heteroatoms. The SMILES string of the molecule is Cn1ncc2c(NCCO)nc(NCc3ccccc3)nc21. The van der Waals surface area contributed by atoms with Crippen LogP contribution in [0.2, 0.25) is 0 Å². The fraction of sp³-hybridized carbons (Fsp3) is 0.267. The van der Waals surface area contributed by atoms with E-state index in [1.165, 1.54) is 0 Å². The van der Waals surface area contributed by atoms with Crippen molar-refractivity contribution in [1.82, 2.24) is 19.7 Å². The summed E-state index contributed by atoms with van der Waals surface area (Å²) in [5.41, 5.74) is 1.90. The summed E-state index contributed by atoms with van der Waals surface area (Å²) in [6.07, 6.45) is 1.72. The van der Waals surface area contributed by atoms with Crippen molar-refractivity contribution in [3.63, 3.8) is 0 Å². The summed E-state index contributed by atoms with van der Waals surface area (Å²) in [5.74, 6) is 1.20. The quantitative estimate of drug-likeness (QED) is 0.637. The first-order valence-electron chi connectivity index (χ1n) is 7.10. The molecule has 0 aliphatic heterocycles. The van der Waals surface area contributed by atoms with E-state index in [1.807, 2.05) is 37.4 Å². The van der Waals surface area contributed by atoms with Crippen molar-refractivity contribution < 1.29 is 5.11 Å². The molecular formula is C15H18N6O. The maximum atomic E-state index is 8.98. The van der Waals surface area contributed by atoms with Crippen LogP contribution in [-0.4, -0.2) is 38.0 Å². The molecule has 22 heavy (non-hydrogen) atoms. The van der Waals surface area contributed by atoms with Crippen LogP contribution < -0.4 is 10.6 Å². The molecule has 114 valence electrons. The van der Waals surface area contributed by atoms with E-state index in [0.29, 0.717) is 24.9 Å². The summed E-state index contributed by atoms with van der Waals surface area (Å²) in [4.78, 5) is 8.96. The van der Waals surface area contributed by atoms with E-state index < -0.39 is 0 Å². The number of aromatic nitrogens is 4. The number of nitrogens with zero attached hydrogens (tertiary/aromatic N) is 4. The molecule has 0 aliphatic rings. The van der Waals surface area contributed by atoms with Gasteiger partial charge in [0, 0.05) is 20.1 Å². The molecule has 0 fully saturated rings. The van der Waals surface area contributed by atoms with E-state index in [1.54, 1.807) is 10.9 Å². The summed E-state index contributed by atoms with van der Waals surface area (Å²) < 4.78 is 1.70. The van der Waals surface area contributed by atoms with E-state index in [0.717, 1.165) is 16.6 Å². The zero-order valence-corrected chi connectivity index (χ0v) is 12.3. The van der Waals surface area contributed by atoms with Gasteiger partial charge in [0.25, 0.3) is 0 Å². The Morgan fingerprint density at radius 2 is 1.95 bits per heavy atom. The standard InChI is InChI=1S/C15H18N6O/c1-21-14-12(10-18-21)13(16-7-8-22)19-15(20-14)17-9-11-5-3-2-4-6-11/h2-6,10,22H,7-9H2,1H3,(H2,16,17,19,20). The molecule has 0 unspecified atom stereocenters. The largest absolute Gasteiger partial charge is 0.395 e. The maximum absolute atomic E-state index is 8.98.